The summed E-state index contributed by atoms with van der Waals surface area (Å²) < 4.78 is 5.72. The molecule has 0 N–H and O–H groups in total. The molecule has 0 fully saturated rings. The summed E-state index contributed by atoms with van der Waals surface area (Å²) in [5.74, 6) is 1.14. The van der Waals surface area contributed by atoms with Crippen molar-refractivity contribution in [1.82, 2.24) is 4.90 Å². The molecule has 0 spiro atoms. The van der Waals surface area contributed by atoms with Gasteiger partial charge in [0.25, 0.3) is 0 Å². The number of rotatable bonds is 7. The van der Waals surface area contributed by atoms with E-state index in [0.717, 1.165) is 12.3 Å². The molecular weight excluding hydrogens is 282 g/mol. The second-order valence-electron chi connectivity index (χ2n) is 5.34. The number of hydrogen-bond acceptors (Lipinski definition) is 2. The van der Waals surface area contributed by atoms with E-state index in [0.29, 0.717) is 6.61 Å². The van der Waals surface area contributed by atoms with Crippen LogP contribution in [0.1, 0.15) is 30.9 Å². The van der Waals surface area contributed by atoms with E-state index in [1.807, 2.05) is 52.2 Å². The molecule has 0 heterocycles. The molecule has 2 aromatic carbocycles. The van der Waals surface area contributed by atoms with Gasteiger partial charge in [-0.3, -0.25) is 0 Å². The lowest BCUT2D eigenvalue weighted by Crippen LogP contribution is -2.19. The van der Waals surface area contributed by atoms with Crippen molar-refractivity contribution in [2.24, 2.45) is 0 Å². The molecule has 0 amide bonds. The van der Waals surface area contributed by atoms with Crippen LogP contribution < -0.4 is 4.74 Å². The molecule has 2 aromatic rings. The summed E-state index contributed by atoms with van der Waals surface area (Å²) in [5.41, 5.74) is 2.49. The van der Waals surface area contributed by atoms with Gasteiger partial charge in [-0.25, -0.2) is 0 Å². The van der Waals surface area contributed by atoms with E-state index in [9.17, 15) is 0 Å². The van der Waals surface area contributed by atoms with Crippen LogP contribution in [0.5, 0.6) is 5.75 Å². The summed E-state index contributed by atoms with van der Waals surface area (Å²) in [6.07, 6.45) is 1.98. The van der Waals surface area contributed by atoms with Crippen LogP contribution in [0.15, 0.2) is 67.3 Å². The summed E-state index contributed by atoms with van der Waals surface area (Å²) in [6, 6.07) is 18.7. The summed E-state index contributed by atoms with van der Waals surface area (Å²) in [6.45, 7) is 9.59. The third-order valence-electron chi connectivity index (χ3n) is 3.44. The van der Waals surface area contributed by atoms with E-state index in [1.54, 1.807) is 0 Å². The van der Waals surface area contributed by atoms with Crippen molar-refractivity contribution in [2.45, 2.75) is 19.8 Å². The fourth-order valence-corrected chi connectivity index (χ4v) is 2.24. The summed E-state index contributed by atoms with van der Waals surface area (Å²) >= 11 is 0. The lowest BCUT2D eigenvalue weighted by atomic mass is 9.91. The second kappa shape index (κ2) is 10.6. The Balaban J connectivity index is 0.00000127. The fraction of sp³-hybridized carbons (Fsp3) is 0.333. The highest BCUT2D eigenvalue weighted by Gasteiger charge is 2.09. The number of nitrogens with zero attached hydrogens (tertiary/aromatic N) is 1. The first-order valence-corrected chi connectivity index (χ1v) is 8.25. The average Bonchev–Trinajstić information content (AvgIpc) is 2.59. The van der Waals surface area contributed by atoms with Crippen molar-refractivity contribution in [2.75, 3.05) is 27.2 Å². The van der Waals surface area contributed by atoms with Gasteiger partial charge in [0, 0.05) is 12.5 Å². The predicted molar refractivity (Wildman–Crippen MR) is 100 cm³/mol. The maximum atomic E-state index is 5.72. The average molecular weight is 311 g/mol. The third kappa shape index (κ3) is 6.29. The molecule has 0 saturated carbocycles. The van der Waals surface area contributed by atoms with Crippen molar-refractivity contribution in [3.8, 4) is 5.75 Å². The molecule has 0 bridgehead atoms. The molecule has 0 aliphatic heterocycles. The minimum absolute atomic E-state index is 0.224. The predicted octanol–water partition coefficient (Wildman–Crippen LogP) is 4.97. The molecule has 23 heavy (non-hydrogen) atoms. The van der Waals surface area contributed by atoms with Gasteiger partial charge in [0.15, 0.2) is 0 Å². The number of ether oxygens (including phenoxy) is 1. The van der Waals surface area contributed by atoms with E-state index in [1.165, 1.54) is 11.1 Å². The first kappa shape index (κ1) is 19.0. The van der Waals surface area contributed by atoms with Crippen LogP contribution in [0.4, 0.5) is 0 Å². The van der Waals surface area contributed by atoms with Crippen molar-refractivity contribution >= 4 is 0 Å². The second-order valence-corrected chi connectivity index (χ2v) is 5.34. The molecule has 1 unspecified atom stereocenters. The Morgan fingerprint density at radius 3 is 2.04 bits per heavy atom. The first-order chi connectivity index (χ1) is 11.2. The minimum Gasteiger partial charge on any atom is -0.492 e. The molecular formula is C21H29NO. The molecule has 0 saturated heterocycles. The molecule has 2 rings (SSSR count). The number of allylic oxidation sites excluding steroid dienone is 1. The Labute approximate surface area is 141 Å². The summed E-state index contributed by atoms with van der Waals surface area (Å²) in [7, 11) is 4.09. The smallest absolute Gasteiger partial charge is 0.119 e. The number of benzene rings is 2. The van der Waals surface area contributed by atoms with Crippen LogP contribution in [-0.4, -0.2) is 32.1 Å². The van der Waals surface area contributed by atoms with Crippen LogP contribution >= 0.6 is 0 Å². The van der Waals surface area contributed by atoms with Crippen LogP contribution in [-0.2, 0) is 0 Å². The van der Waals surface area contributed by atoms with Crippen molar-refractivity contribution in [3.63, 3.8) is 0 Å². The number of hydrogen-bond donors (Lipinski definition) is 0. The largest absolute Gasteiger partial charge is 0.492 e. The van der Waals surface area contributed by atoms with Gasteiger partial charge in [-0.05, 0) is 37.4 Å². The topological polar surface area (TPSA) is 12.5 Å². The highest BCUT2D eigenvalue weighted by Crippen LogP contribution is 2.27. The van der Waals surface area contributed by atoms with E-state index in [-0.39, 0.29) is 5.92 Å². The van der Waals surface area contributed by atoms with Gasteiger partial charge in [0.2, 0.25) is 0 Å². The molecule has 1 atom stereocenters. The van der Waals surface area contributed by atoms with Crippen LogP contribution in [0.25, 0.3) is 0 Å². The van der Waals surface area contributed by atoms with Crippen LogP contribution in [0, 0.1) is 0 Å². The van der Waals surface area contributed by atoms with Gasteiger partial charge in [0.05, 0.1) is 0 Å². The SMILES string of the molecule is C=CC(c1ccccc1)c1ccc(OCCN(C)C)cc1.CC. The Morgan fingerprint density at radius 2 is 1.52 bits per heavy atom. The Hall–Kier alpha value is -2.06. The highest BCUT2D eigenvalue weighted by atomic mass is 16.5. The maximum absolute atomic E-state index is 5.72. The first-order valence-electron chi connectivity index (χ1n) is 8.25. The van der Waals surface area contributed by atoms with Gasteiger partial charge in [-0.2, -0.15) is 0 Å². The quantitative estimate of drug-likeness (QED) is 0.669. The third-order valence-corrected chi connectivity index (χ3v) is 3.44. The molecule has 0 aliphatic carbocycles. The maximum Gasteiger partial charge on any atom is 0.119 e. The Morgan fingerprint density at radius 1 is 0.957 bits per heavy atom. The van der Waals surface area contributed by atoms with E-state index >= 15 is 0 Å². The van der Waals surface area contributed by atoms with Crippen LogP contribution in [0.3, 0.4) is 0 Å². The van der Waals surface area contributed by atoms with Gasteiger partial charge >= 0.3 is 0 Å². The zero-order chi connectivity index (χ0) is 17.1. The van der Waals surface area contributed by atoms with Crippen molar-refractivity contribution in [3.05, 3.63) is 78.4 Å². The lowest BCUT2D eigenvalue weighted by Gasteiger charge is -2.15. The standard InChI is InChI=1S/C19H23NO.C2H6/c1-4-19(16-8-6-5-7-9-16)17-10-12-18(13-11-17)21-15-14-20(2)3;1-2/h4-13,19H,1,14-15H2,2-3H3;1-2H3. The minimum atomic E-state index is 0.224. The lowest BCUT2D eigenvalue weighted by molar-refractivity contribution is 0.261. The normalized spacial score (nSPS) is 11.3. The molecule has 124 valence electrons. The summed E-state index contributed by atoms with van der Waals surface area (Å²) in [4.78, 5) is 2.11. The van der Waals surface area contributed by atoms with E-state index < -0.39 is 0 Å². The number of likely N-dealkylation sites (N-methyl/N-ethyl adjacent to an activating group) is 1. The van der Waals surface area contributed by atoms with Crippen molar-refractivity contribution in [1.29, 1.82) is 0 Å². The zero-order valence-electron chi connectivity index (χ0n) is 14.8. The van der Waals surface area contributed by atoms with Crippen LogP contribution in [0.2, 0.25) is 0 Å². The molecule has 0 radical (unpaired) electrons. The molecule has 0 aliphatic rings. The Kier molecular flexibility index (Phi) is 8.78. The zero-order valence-corrected chi connectivity index (χ0v) is 14.8. The van der Waals surface area contributed by atoms with Crippen molar-refractivity contribution < 1.29 is 4.74 Å². The van der Waals surface area contributed by atoms with Gasteiger partial charge in [-0.15, -0.1) is 6.58 Å². The molecule has 0 aromatic heterocycles. The molecule has 2 nitrogen and oxygen atoms in total. The van der Waals surface area contributed by atoms with Gasteiger partial charge in [0.1, 0.15) is 12.4 Å². The Bertz CT molecular complexity index is 546. The monoisotopic (exact) mass is 311 g/mol. The van der Waals surface area contributed by atoms with Gasteiger partial charge in [-0.1, -0.05) is 62.4 Å². The van der Waals surface area contributed by atoms with E-state index in [4.69, 9.17) is 4.74 Å². The van der Waals surface area contributed by atoms with Gasteiger partial charge < -0.3 is 9.64 Å². The fourth-order valence-electron chi connectivity index (χ4n) is 2.24. The summed E-state index contributed by atoms with van der Waals surface area (Å²) in [5, 5.41) is 0. The highest BCUT2D eigenvalue weighted by molar-refractivity contribution is 5.38. The van der Waals surface area contributed by atoms with E-state index in [2.05, 4.69) is 47.9 Å². The molecule has 2 heteroatoms.